The van der Waals surface area contributed by atoms with Gasteiger partial charge in [0.2, 0.25) is 0 Å². The van der Waals surface area contributed by atoms with Gasteiger partial charge in [-0.1, -0.05) is 15.9 Å². The Hall–Kier alpha value is -0.0900. The summed E-state index contributed by atoms with van der Waals surface area (Å²) in [5.41, 5.74) is 2.98. The van der Waals surface area contributed by atoms with E-state index in [1.165, 1.54) is 0 Å². The zero-order valence-corrected chi connectivity index (χ0v) is 7.23. The monoisotopic (exact) mass is 208 g/mol. The van der Waals surface area contributed by atoms with Crippen LogP contribution in [0.5, 0.6) is 0 Å². The Balaban J connectivity index is 2.42. The van der Waals surface area contributed by atoms with Crippen molar-refractivity contribution in [3.63, 3.8) is 0 Å². The van der Waals surface area contributed by atoms with Crippen LogP contribution in [0.15, 0.2) is 0 Å². The Kier molecular flexibility index (Phi) is 2.01. The minimum atomic E-state index is -0.760. The Bertz CT molecular complexity index is 154. The molecule has 0 saturated heterocycles. The van der Waals surface area contributed by atoms with Crippen LogP contribution < -0.4 is 5.73 Å². The lowest BCUT2D eigenvalue weighted by Crippen LogP contribution is -2.81. The Morgan fingerprint density at radius 1 is 1.80 bits per heavy atom. The predicted molar refractivity (Wildman–Crippen MR) is 39.8 cm³/mol. The average molecular weight is 209 g/mol. The highest BCUT2D eigenvalue weighted by atomic mass is 79.9. The molecule has 0 heterocycles. The van der Waals surface area contributed by atoms with Crippen molar-refractivity contribution in [2.24, 2.45) is 5.92 Å². The number of aliphatic carboxylic acids is 1. The second-order valence-corrected chi connectivity index (χ2v) is 3.66. The van der Waals surface area contributed by atoms with Gasteiger partial charge in [-0.05, 0) is 5.92 Å². The first-order valence-electron chi connectivity index (χ1n) is 3.23. The summed E-state index contributed by atoms with van der Waals surface area (Å²) in [6.07, 6.45) is 1.43. The summed E-state index contributed by atoms with van der Waals surface area (Å²) in [7, 11) is 0. The number of halogens is 1. The van der Waals surface area contributed by atoms with E-state index in [1.54, 1.807) is 0 Å². The van der Waals surface area contributed by atoms with Crippen LogP contribution in [0.2, 0.25) is 0 Å². The number of quaternary nitrogens is 1. The van der Waals surface area contributed by atoms with Crippen molar-refractivity contribution in [2.45, 2.75) is 18.4 Å². The van der Waals surface area contributed by atoms with E-state index in [-0.39, 0.29) is 0 Å². The maximum absolute atomic E-state index is 10.5. The molecule has 0 spiro atoms. The second kappa shape index (κ2) is 2.51. The van der Waals surface area contributed by atoms with Crippen molar-refractivity contribution < 1.29 is 15.6 Å². The largest absolute Gasteiger partial charge is 0.477 e. The normalized spacial score (nSPS) is 38.8. The molecule has 1 rings (SSSR count). The molecule has 0 aliphatic heterocycles. The summed E-state index contributed by atoms with van der Waals surface area (Å²) in [6.45, 7) is 0. The van der Waals surface area contributed by atoms with E-state index in [0.717, 1.165) is 5.33 Å². The van der Waals surface area contributed by atoms with Crippen molar-refractivity contribution >= 4 is 21.9 Å². The zero-order valence-electron chi connectivity index (χ0n) is 5.64. The summed E-state index contributed by atoms with van der Waals surface area (Å²) in [5.74, 6) is -0.238. The van der Waals surface area contributed by atoms with Crippen LogP contribution in [-0.2, 0) is 4.79 Å². The van der Waals surface area contributed by atoms with E-state index in [9.17, 15) is 4.79 Å². The number of hydrogen-bond donors (Lipinski definition) is 2. The molecule has 1 saturated carbocycles. The van der Waals surface area contributed by atoms with Gasteiger partial charge in [-0.25, -0.2) is 4.79 Å². The third-order valence-corrected chi connectivity index (χ3v) is 2.95. The SMILES string of the molecule is [NH3+]C1(C(=O)O)CC(CBr)C1. The van der Waals surface area contributed by atoms with Crippen LogP contribution in [0.1, 0.15) is 12.8 Å². The molecule has 4 N–H and O–H groups in total. The van der Waals surface area contributed by atoms with E-state index < -0.39 is 11.5 Å². The van der Waals surface area contributed by atoms with Crippen LogP contribution in [0.25, 0.3) is 0 Å². The maximum Gasteiger partial charge on any atom is 0.365 e. The number of hydrogen-bond acceptors (Lipinski definition) is 1. The second-order valence-electron chi connectivity index (χ2n) is 3.01. The van der Waals surface area contributed by atoms with Crippen molar-refractivity contribution in [2.75, 3.05) is 5.33 Å². The summed E-state index contributed by atoms with van der Waals surface area (Å²) in [5, 5.41) is 9.53. The molecule has 0 radical (unpaired) electrons. The number of carboxylic acids is 1. The zero-order chi connectivity index (χ0) is 7.78. The summed E-state index contributed by atoms with van der Waals surface area (Å²) in [6, 6.07) is 0. The van der Waals surface area contributed by atoms with Gasteiger partial charge in [0.05, 0.1) is 0 Å². The first-order valence-corrected chi connectivity index (χ1v) is 4.35. The van der Waals surface area contributed by atoms with Gasteiger partial charge in [-0.3, -0.25) is 0 Å². The van der Waals surface area contributed by atoms with Gasteiger partial charge in [-0.2, -0.15) is 0 Å². The molecular formula is C6H11BrNO2+. The molecule has 1 aliphatic rings. The lowest BCUT2D eigenvalue weighted by Gasteiger charge is -2.36. The molecule has 0 amide bonds. The summed E-state index contributed by atoms with van der Waals surface area (Å²) >= 11 is 3.31. The first-order chi connectivity index (χ1) is 4.58. The highest BCUT2D eigenvalue weighted by molar-refractivity contribution is 9.09. The standard InChI is InChI=1S/C6H10BrNO2/c7-3-4-1-6(8,2-4)5(9)10/h4H,1-3,8H2,(H,9,10)/p+1. The highest BCUT2D eigenvalue weighted by Crippen LogP contribution is 2.35. The number of alkyl halides is 1. The van der Waals surface area contributed by atoms with Crippen LogP contribution >= 0.6 is 15.9 Å². The smallest absolute Gasteiger partial charge is 0.365 e. The van der Waals surface area contributed by atoms with Crippen molar-refractivity contribution in [3.8, 4) is 0 Å². The van der Waals surface area contributed by atoms with Gasteiger partial charge in [0.15, 0.2) is 5.54 Å². The van der Waals surface area contributed by atoms with E-state index in [1.807, 2.05) is 0 Å². The molecule has 0 unspecified atom stereocenters. The first kappa shape index (κ1) is 8.01. The molecule has 58 valence electrons. The van der Waals surface area contributed by atoms with E-state index in [4.69, 9.17) is 5.11 Å². The van der Waals surface area contributed by atoms with Crippen molar-refractivity contribution in [3.05, 3.63) is 0 Å². The van der Waals surface area contributed by atoms with Crippen LogP contribution in [0, 0.1) is 5.92 Å². The molecule has 3 nitrogen and oxygen atoms in total. The molecule has 0 aromatic carbocycles. The predicted octanol–water partition coefficient (Wildman–Crippen LogP) is -0.143. The molecule has 0 aromatic heterocycles. The Morgan fingerprint density at radius 3 is 2.60 bits per heavy atom. The topological polar surface area (TPSA) is 64.9 Å². The van der Waals surface area contributed by atoms with E-state index in [0.29, 0.717) is 18.8 Å². The lowest BCUT2D eigenvalue weighted by atomic mass is 9.70. The van der Waals surface area contributed by atoms with Gasteiger partial charge < -0.3 is 10.8 Å². The molecule has 1 fully saturated rings. The molecule has 0 bridgehead atoms. The minimum absolute atomic E-state index is 0.522. The summed E-state index contributed by atoms with van der Waals surface area (Å²) < 4.78 is 0. The van der Waals surface area contributed by atoms with Gasteiger partial charge in [0.25, 0.3) is 0 Å². The fourth-order valence-corrected chi connectivity index (χ4v) is 1.79. The van der Waals surface area contributed by atoms with Crippen molar-refractivity contribution in [1.82, 2.24) is 0 Å². The van der Waals surface area contributed by atoms with Gasteiger partial charge in [-0.15, -0.1) is 0 Å². The number of rotatable bonds is 2. The van der Waals surface area contributed by atoms with E-state index in [2.05, 4.69) is 21.7 Å². The Labute approximate surface area is 67.7 Å². The molecule has 10 heavy (non-hydrogen) atoms. The number of carbonyl (C=O) groups is 1. The molecule has 0 aromatic rings. The molecular weight excluding hydrogens is 198 g/mol. The minimum Gasteiger partial charge on any atom is -0.477 e. The third kappa shape index (κ3) is 1.18. The van der Waals surface area contributed by atoms with Crippen molar-refractivity contribution in [1.29, 1.82) is 0 Å². The maximum atomic E-state index is 10.5. The number of carboxylic acid groups (broad SMARTS) is 1. The molecule has 0 atom stereocenters. The highest BCUT2D eigenvalue weighted by Gasteiger charge is 2.50. The van der Waals surface area contributed by atoms with E-state index >= 15 is 0 Å². The van der Waals surface area contributed by atoms with Crippen LogP contribution in [0.4, 0.5) is 0 Å². The quantitative estimate of drug-likeness (QED) is 0.621. The third-order valence-electron chi connectivity index (χ3n) is 2.03. The average Bonchev–Trinajstić information content (AvgIpc) is 1.80. The fourth-order valence-electron chi connectivity index (χ4n) is 1.33. The molecule has 1 aliphatic carbocycles. The van der Waals surface area contributed by atoms with Crippen LogP contribution in [-0.4, -0.2) is 21.9 Å². The van der Waals surface area contributed by atoms with Crippen LogP contribution in [0.3, 0.4) is 0 Å². The van der Waals surface area contributed by atoms with Gasteiger partial charge >= 0.3 is 5.97 Å². The molecule has 4 heteroatoms. The fraction of sp³-hybridized carbons (Fsp3) is 0.833. The Morgan fingerprint density at radius 2 is 2.30 bits per heavy atom. The lowest BCUT2D eigenvalue weighted by molar-refractivity contribution is -0.487. The summed E-state index contributed by atoms with van der Waals surface area (Å²) in [4.78, 5) is 10.5. The van der Waals surface area contributed by atoms with Gasteiger partial charge in [0, 0.05) is 18.2 Å². The van der Waals surface area contributed by atoms with Gasteiger partial charge in [0.1, 0.15) is 0 Å².